The highest BCUT2D eigenvalue weighted by Gasteiger charge is 2.28. The monoisotopic (exact) mass is 331 g/mol. The molecule has 2 rings (SSSR count). The van der Waals surface area contributed by atoms with E-state index < -0.39 is 5.56 Å². The summed E-state index contributed by atoms with van der Waals surface area (Å²) in [5.74, 6) is 0.796. The number of carbonyl (C=O) groups is 1. The molecular weight excluding hydrogens is 313 g/mol. The van der Waals surface area contributed by atoms with Crippen LogP contribution in [0.2, 0.25) is 10.0 Å². The van der Waals surface area contributed by atoms with Crippen molar-refractivity contribution in [2.24, 2.45) is 11.8 Å². The lowest BCUT2D eigenvalue weighted by atomic mass is 9.78. The molecule has 1 aliphatic rings. The van der Waals surface area contributed by atoms with Crippen molar-refractivity contribution in [3.63, 3.8) is 0 Å². The summed E-state index contributed by atoms with van der Waals surface area (Å²) >= 11 is 11.5. The Hall–Kier alpha value is -1.07. The van der Waals surface area contributed by atoms with E-state index in [9.17, 15) is 9.59 Å². The summed E-state index contributed by atoms with van der Waals surface area (Å²) in [4.78, 5) is 23.9. The van der Waals surface area contributed by atoms with E-state index in [1.165, 1.54) is 12.6 Å². The molecule has 1 amide bonds. The minimum atomic E-state index is -0.552. The number of aromatic nitrogens is 2. The molecule has 1 fully saturated rings. The third-order valence-electron chi connectivity index (χ3n) is 4.29. The van der Waals surface area contributed by atoms with Crippen molar-refractivity contribution in [1.29, 1.82) is 0 Å². The summed E-state index contributed by atoms with van der Waals surface area (Å²) in [7, 11) is 0. The highest BCUT2D eigenvalue weighted by molar-refractivity contribution is 6.41. The average Bonchev–Trinajstić information content (AvgIpc) is 2.45. The van der Waals surface area contributed by atoms with Crippen LogP contribution in [0.3, 0.4) is 0 Å². The van der Waals surface area contributed by atoms with Crippen molar-refractivity contribution < 1.29 is 4.79 Å². The SMILES string of the molecule is C[C@@H]1[C@H](C)CCC[C@H]1NC(=O)Cn1ncc(Cl)c(Cl)c1=O. The molecule has 0 spiro atoms. The van der Waals surface area contributed by atoms with Gasteiger partial charge in [-0.15, -0.1) is 0 Å². The standard InChI is InChI=1S/C14H19Cl2N3O2/c1-8-4-3-5-11(9(8)2)18-12(20)7-19-14(21)13(16)10(15)6-17-19/h6,8-9,11H,3-5,7H2,1-2H3,(H,18,20)/t8-,9-,11-/m1/s1. The summed E-state index contributed by atoms with van der Waals surface area (Å²) < 4.78 is 1.03. The molecule has 0 aliphatic heterocycles. The quantitative estimate of drug-likeness (QED) is 0.925. The fourth-order valence-corrected chi connectivity index (χ4v) is 3.00. The maximum Gasteiger partial charge on any atom is 0.287 e. The lowest BCUT2D eigenvalue weighted by molar-refractivity contribution is -0.123. The van der Waals surface area contributed by atoms with Crippen LogP contribution in [-0.4, -0.2) is 21.7 Å². The minimum absolute atomic E-state index is 0.0908. The number of amides is 1. The molecule has 116 valence electrons. The lowest BCUT2D eigenvalue weighted by Crippen LogP contribution is -2.45. The molecule has 0 radical (unpaired) electrons. The van der Waals surface area contributed by atoms with Crippen LogP contribution in [0.1, 0.15) is 33.1 Å². The second-order valence-corrected chi connectivity index (χ2v) is 6.50. The molecule has 1 heterocycles. The molecule has 1 aromatic rings. The van der Waals surface area contributed by atoms with Gasteiger partial charge in [-0.25, -0.2) is 4.68 Å². The van der Waals surface area contributed by atoms with Crippen LogP contribution >= 0.6 is 23.2 Å². The van der Waals surface area contributed by atoms with Gasteiger partial charge in [0, 0.05) is 6.04 Å². The lowest BCUT2D eigenvalue weighted by Gasteiger charge is -2.34. The first-order chi connectivity index (χ1) is 9.90. The molecule has 1 N–H and O–H groups in total. The van der Waals surface area contributed by atoms with Crippen LogP contribution in [-0.2, 0) is 11.3 Å². The van der Waals surface area contributed by atoms with Gasteiger partial charge in [-0.05, 0) is 18.3 Å². The second kappa shape index (κ2) is 6.79. The van der Waals surface area contributed by atoms with Crippen LogP contribution < -0.4 is 10.9 Å². The zero-order valence-electron chi connectivity index (χ0n) is 12.1. The fraction of sp³-hybridized carbons (Fsp3) is 0.643. The van der Waals surface area contributed by atoms with Crippen molar-refractivity contribution in [2.45, 2.75) is 45.7 Å². The minimum Gasteiger partial charge on any atom is -0.351 e. The van der Waals surface area contributed by atoms with E-state index in [4.69, 9.17) is 23.2 Å². The van der Waals surface area contributed by atoms with Gasteiger partial charge in [-0.3, -0.25) is 9.59 Å². The third-order valence-corrected chi connectivity index (χ3v) is 5.04. The Morgan fingerprint density at radius 1 is 1.43 bits per heavy atom. The Morgan fingerprint density at radius 3 is 2.86 bits per heavy atom. The van der Waals surface area contributed by atoms with Crippen molar-refractivity contribution in [2.75, 3.05) is 0 Å². The Bertz CT molecular complexity index is 588. The number of rotatable bonds is 3. The molecule has 1 aromatic heterocycles. The van der Waals surface area contributed by atoms with E-state index in [1.54, 1.807) is 0 Å². The van der Waals surface area contributed by atoms with Crippen molar-refractivity contribution in [3.05, 3.63) is 26.6 Å². The molecule has 21 heavy (non-hydrogen) atoms. The normalized spacial score (nSPS) is 25.6. The first-order valence-electron chi connectivity index (χ1n) is 7.10. The topological polar surface area (TPSA) is 64.0 Å². The van der Waals surface area contributed by atoms with Crippen LogP contribution in [0, 0.1) is 11.8 Å². The predicted molar refractivity (Wildman–Crippen MR) is 82.6 cm³/mol. The number of carbonyl (C=O) groups excluding carboxylic acids is 1. The summed E-state index contributed by atoms with van der Waals surface area (Å²) in [6, 6.07) is 0.153. The smallest absolute Gasteiger partial charge is 0.287 e. The van der Waals surface area contributed by atoms with E-state index in [1.807, 2.05) is 0 Å². The van der Waals surface area contributed by atoms with Gasteiger partial charge in [0.2, 0.25) is 5.91 Å². The predicted octanol–water partition coefficient (Wildman–Crippen LogP) is 2.49. The summed E-state index contributed by atoms with van der Waals surface area (Å²) in [6.07, 6.45) is 4.55. The Morgan fingerprint density at radius 2 is 2.14 bits per heavy atom. The first-order valence-corrected chi connectivity index (χ1v) is 7.86. The van der Waals surface area contributed by atoms with Crippen LogP contribution in [0.15, 0.2) is 11.0 Å². The molecule has 0 bridgehead atoms. The highest BCUT2D eigenvalue weighted by atomic mass is 35.5. The summed E-state index contributed by atoms with van der Waals surface area (Å²) in [5, 5.41) is 6.81. The second-order valence-electron chi connectivity index (χ2n) is 5.71. The van der Waals surface area contributed by atoms with Gasteiger partial charge >= 0.3 is 0 Å². The molecule has 3 atom stereocenters. The highest BCUT2D eigenvalue weighted by Crippen LogP contribution is 2.29. The van der Waals surface area contributed by atoms with Gasteiger partial charge in [-0.2, -0.15) is 5.10 Å². The van der Waals surface area contributed by atoms with Crippen LogP contribution in [0.5, 0.6) is 0 Å². The van der Waals surface area contributed by atoms with E-state index in [0.717, 1.165) is 17.5 Å². The third kappa shape index (κ3) is 3.77. The van der Waals surface area contributed by atoms with Gasteiger partial charge in [0.05, 0.1) is 11.2 Å². The van der Waals surface area contributed by atoms with Crippen molar-refractivity contribution >= 4 is 29.1 Å². The zero-order valence-corrected chi connectivity index (χ0v) is 13.6. The van der Waals surface area contributed by atoms with Crippen LogP contribution in [0.4, 0.5) is 0 Å². The Kier molecular flexibility index (Phi) is 5.27. The zero-order chi connectivity index (χ0) is 15.6. The molecule has 0 saturated heterocycles. The van der Waals surface area contributed by atoms with Gasteiger partial charge in [0.15, 0.2) is 0 Å². The maximum absolute atomic E-state index is 12.1. The molecule has 0 unspecified atom stereocenters. The molecule has 5 nitrogen and oxygen atoms in total. The molecule has 7 heteroatoms. The van der Waals surface area contributed by atoms with Crippen LogP contribution in [0.25, 0.3) is 0 Å². The fourth-order valence-electron chi connectivity index (χ4n) is 2.73. The number of hydrogen-bond donors (Lipinski definition) is 1. The Balaban J connectivity index is 2.02. The van der Waals surface area contributed by atoms with E-state index in [2.05, 4.69) is 24.3 Å². The molecule has 1 aliphatic carbocycles. The summed E-state index contributed by atoms with van der Waals surface area (Å²) in [5.41, 5.74) is -0.552. The van der Waals surface area contributed by atoms with Gasteiger partial charge in [-0.1, -0.05) is 49.9 Å². The Labute approximate surface area is 133 Å². The van der Waals surface area contributed by atoms with E-state index >= 15 is 0 Å². The first kappa shape index (κ1) is 16.3. The van der Waals surface area contributed by atoms with E-state index in [0.29, 0.717) is 11.8 Å². The van der Waals surface area contributed by atoms with Crippen molar-refractivity contribution in [3.8, 4) is 0 Å². The summed E-state index contributed by atoms with van der Waals surface area (Å²) in [6.45, 7) is 4.21. The van der Waals surface area contributed by atoms with Gasteiger partial charge < -0.3 is 5.32 Å². The number of nitrogens with one attached hydrogen (secondary N) is 1. The van der Waals surface area contributed by atoms with E-state index in [-0.39, 0.29) is 28.5 Å². The molecule has 1 saturated carbocycles. The van der Waals surface area contributed by atoms with Crippen molar-refractivity contribution in [1.82, 2.24) is 15.1 Å². The molecular formula is C14H19Cl2N3O2. The van der Waals surface area contributed by atoms with Gasteiger partial charge in [0.25, 0.3) is 5.56 Å². The number of halogens is 2. The largest absolute Gasteiger partial charge is 0.351 e. The number of hydrogen-bond acceptors (Lipinski definition) is 3. The molecule has 0 aromatic carbocycles. The van der Waals surface area contributed by atoms with Gasteiger partial charge in [0.1, 0.15) is 11.6 Å². The average molecular weight is 332 g/mol. The number of nitrogens with zero attached hydrogens (tertiary/aromatic N) is 2. The maximum atomic E-state index is 12.1.